The highest BCUT2D eigenvalue weighted by Gasteiger charge is 2.15. The van der Waals surface area contributed by atoms with Crippen molar-refractivity contribution in [3.63, 3.8) is 0 Å². The van der Waals surface area contributed by atoms with E-state index in [1.165, 1.54) is 11.1 Å². The third kappa shape index (κ3) is 5.06. The van der Waals surface area contributed by atoms with E-state index >= 15 is 0 Å². The fourth-order valence-corrected chi connectivity index (χ4v) is 3.00. The van der Waals surface area contributed by atoms with Gasteiger partial charge in [0.25, 0.3) is 0 Å². The Balaban J connectivity index is 2.15. The predicted molar refractivity (Wildman–Crippen MR) is 108 cm³/mol. The van der Waals surface area contributed by atoms with E-state index in [1.54, 1.807) is 6.21 Å². The zero-order chi connectivity index (χ0) is 20.1. The number of hydrogen-bond donors (Lipinski definition) is 2. The summed E-state index contributed by atoms with van der Waals surface area (Å²) in [5, 5.41) is 6.55. The van der Waals surface area contributed by atoms with Crippen LogP contribution < -0.4 is 10.7 Å². The number of nitrogens with zero attached hydrogens (tertiary/aromatic N) is 2. The summed E-state index contributed by atoms with van der Waals surface area (Å²) in [4.78, 5) is 23.5. The first-order valence-electron chi connectivity index (χ1n) is 9.14. The first-order valence-corrected chi connectivity index (χ1v) is 9.14. The Labute approximate surface area is 160 Å². The largest absolute Gasteiger partial charge is 0.345 e. The number of rotatable bonds is 5. The van der Waals surface area contributed by atoms with Crippen LogP contribution in [0.3, 0.4) is 0 Å². The van der Waals surface area contributed by atoms with Crippen molar-refractivity contribution < 1.29 is 9.59 Å². The number of hydrogen-bond acceptors (Lipinski definition) is 3. The molecule has 2 rings (SSSR count). The molecular weight excluding hydrogens is 340 g/mol. The molecule has 2 amide bonds. The lowest BCUT2D eigenvalue weighted by Crippen LogP contribution is -2.41. The monoisotopic (exact) mass is 368 g/mol. The van der Waals surface area contributed by atoms with Crippen LogP contribution in [0.1, 0.15) is 48.3 Å². The molecule has 6 nitrogen and oxygen atoms in total. The van der Waals surface area contributed by atoms with E-state index in [2.05, 4.69) is 52.5 Å². The minimum atomic E-state index is -0.769. The second kappa shape index (κ2) is 8.66. The molecule has 0 aliphatic carbocycles. The molecule has 27 heavy (non-hydrogen) atoms. The van der Waals surface area contributed by atoms with Gasteiger partial charge in [-0.15, -0.1) is 0 Å². The molecule has 0 aliphatic rings. The third-order valence-corrected chi connectivity index (χ3v) is 4.50. The number of carbonyl (C=O) groups is 2. The molecule has 0 unspecified atom stereocenters. The normalized spacial score (nSPS) is 12.2. The number of aryl methyl sites for hydroxylation is 3. The van der Waals surface area contributed by atoms with Crippen LogP contribution in [0.4, 0.5) is 0 Å². The van der Waals surface area contributed by atoms with E-state index in [-0.39, 0.29) is 6.04 Å². The Bertz CT molecular complexity index is 860. The second-order valence-electron chi connectivity index (χ2n) is 6.99. The summed E-state index contributed by atoms with van der Waals surface area (Å²) < 4.78 is 2.15. The smallest absolute Gasteiger partial charge is 0.329 e. The van der Waals surface area contributed by atoms with Crippen molar-refractivity contribution in [2.75, 3.05) is 0 Å². The van der Waals surface area contributed by atoms with Crippen LogP contribution in [0.25, 0.3) is 5.69 Å². The van der Waals surface area contributed by atoms with Crippen molar-refractivity contribution in [1.29, 1.82) is 0 Å². The zero-order valence-corrected chi connectivity index (χ0v) is 16.9. The molecule has 1 aromatic heterocycles. The topological polar surface area (TPSA) is 75.5 Å². The maximum absolute atomic E-state index is 11.8. The van der Waals surface area contributed by atoms with Gasteiger partial charge in [-0.1, -0.05) is 13.0 Å². The zero-order valence-electron chi connectivity index (χ0n) is 16.9. The number of benzene rings is 1. The van der Waals surface area contributed by atoms with Crippen molar-refractivity contribution in [3.8, 4) is 5.69 Å². The average molecular weight is 368 g/mol. The highest BCUT2D eigenvalue weighted by molar-refractivity contribution is 6.35. The summed E-state index contributed by atoms with van der Waals surface area (Å²) in [5.41, 5.74) is 8.75. The van der Waals surface area contributed by atoms with Gasteiger partial charge < -0.3 is 9.88 Å². The number of carbonyl (C=O) groups excluding carboxylic acids is 2. The van der Waals surface area contributed by atoms with Crippen molar-refractivity contribution in [2.45, 2.75) is 54.0 Å². The first kappa shape index (κ1) is 20.4. The quantitative estimate of drug-likeness (QED) is 0.483. The predicted octanol–water partition coefficient (Wildman–Crippen LogP) is 3.08. The molecule has 0 spiro atoms. The maximum atomic E-state index is 11.8. The van der Waals surface area contributed by atoms with Gasteiger partial charge >= 0.3 is 11.8 Å². The van der Waals surface area contributed by atoms with Gasteiger partial charge in [-0.3, -0.25) is 9.59 Å². The van der Waals surface area contributed by atoms with Gasteiger partial charge in [0.05, 0.1) is 6.21 Å². The molecule has 0 fully saturated rings. The Morgan fingerprint density at radius 1 is 1.07 bits per heavy atom. The molecular formula is C21H28N4O2. The summed E-state index contributed by atoms with van der Waals surface area (Å²) in [6, 6.07) is 8.36. The Hall–Kier alpha value is -2.89. The molecule has 2 aromatic rings. The van der Waals surface area contributed by atoms with Crippen molar-refractivity contribution in [3.05, 3.63) is 52.3 Å². The highest BCUT2D eigenvalue weighted by atomic mass is 16.2. The lowest BCUT2D eigenvalue weighted by molar-refractivity contribution is -0.139. The lowest BCUT2D eigenvalue weighted by Gasteiger charge is -2.11. The Morgan fingerprint density at radius 2 is 1.70 bits per heavy atom. The summed E-state index contributed by atoms with van der Waals surface area (Å²) in [5.74, 6) is -1.45. The summed E-state index contributed by atoms with van der Waals surface area (Å²) in [7, 11) is 0. The number of nitrogens with one attached hydrogen (secondary N) is 2. The lowest BCUT2D eigenvalue weighted by atomic mass is 10.1. The van der Waals surface area contributed by atoms with E-state index in [9.17, 15) is 9.59 Å². The van der Waals surface area contributed by atoms with E-state index < -0.39 is 11.8 Å². The minimum absolute atomic E-state index is 0.0519. The van der Waals surface area contributed by atoms with Gasteiger partial charge in [0.15, 0.2) is 0 Å². The van der Waals surface area contributed by atoms with Crippen LogP contribution in [-0.4, -0.2) is 28.6 Å². The fourth-order valence-electron chi connectivity index (χ4n) is 3.00. The second-order valence-corrected chi connectivity index (χ2v) is 6.99. The van der Waals surface area contributed by atoms with Crippen LogP contribution in [0.15, 0.2) is 29.4 Å². The fraction of sp³-hybridized carbons (Fsp3) is 0.381. The summed E-state index contributed by atoms with van der Waals surface area (Å²) in [6.45, 7) is 12.0. The van der Waals surface area contributed by atoms with Gasteiger partial charge in [0, 0.05) is 28.7 Å². The first-order chi connectivity index (χ1) is 12.7. The van der Waals surface area contributed by atoms with Crippen LogP contribution in [-0.2, 0) is 9.59 Å². The molecule has 2 N–H and O–H groups in total. The maximum Gasteiger partial charge on any atom is 0.329 e. The number of amides is 2. The third-order valence-electron chi connectivity index (χ3n) is 4.50. The SMILES string of the molecule is CC[C@H](C)NC(=O)C(=O)N/N=C\c1cc(C)n(-c2cc(C)cc(C)c2)c1C. The van der Waals surface area contributed by atoms with Gasteiger partial charge in [0.2, 0.25) is 0 Å². The van der Waals surface area contributed by atoms with E-state index in [4.69, 9.17) is 0 Å². The molecule has 1 heterocycles. The van der Waals surface area contributed by atoms with Crippen LogP contribution >= 0.6 is 0 Å². The molecule has 1 atom stereocenters. The number of aromatic nitrogens is 1. The molecule has 0 saturated heterocycles. The Morgan fingerprint density at radius 3 is 2.30 bits per heavy atom. The van der Waals surface area contributed by atoms with Crippen molar-refractivity contribution >= 4 is 18.0 Å². The van der Waals surface area contributed by atoms with Gasteiger partial charge in [-0.25, -0.2) is 5.43 Å². The molecule has 1 aromatic carbocycles. The van der Waals surface area contributed by atoms with Crippen molar-refractivity contribution in [2.24, 2.45) is 5.10 Å². The van der Waals surface area contributed by atoms with Gasteiger partial charge in [-0.05, 0) is 70.4 Å². The van der Waals surface area contributed by atoms with E-state index in [1.807, 2.05) is 33.8 Å². The standard InChI is InChI=1S/C21H28N4O2/c1-7-15(4)23-20(26)21(27)24-22-12-18-11-16(5)25(17(18)6)19-9-13(2)8-14(3)10-19/h8-12,15H,7H2,1-6H3,(H,23,26)(H,24,27)/b22-12-/t15-/m0/s1. The Kier molecular flexibility index (Phi) is 6.55. The highest BCUT2D eigenvalue weighted by Crippen LogP contribution is 2.21. The average Bonchev–Trinajstić information content (AvgIpc) is 2.87. The van der Waals surface area contributed by atoms with Crippen molar-refractivity contribution in [1.82, 2.24) is 15.3 Å². The molecule has 144 valence electrons. The van der Waals surface area contributed by atoms with Gasteiger partial charge in [-0.2, -0.15) is 5.10 Å². The van der Waals surface area contributed by atoms with Crippen LogP contribution in [0.2, 0.25) is 0 Å². The number of hydrazone groups is 1. The minimum Gasteiger partial charge on any atom is -0.345 e. The summed E-state index contributed by atoms with van der Waals surface area (Å²) >= 11 is 0. The van der Waals surface area contributed by atoms with E-state index in [0.717, 1.165) is 29.1 Å². The van der Waals surface area contributed by atoms with E-state index in [0.29, 0.717) is 0 Å². The molecule has 0 radical (unpaired) electrons. The summed E-state index contributed by atoms with van der Waals surface area (Å²) in [6.07, 6.45) is 2.32. The van der Waals surface area contributed by atoms with Crippen LogP contribution in [0.5, 0.6) is 0 Å². The molecule has 0 saturated carbocycles. The molecule has 6 heteroatoms. The van der Waals surface area contributed by atoms with Gasteiger partial charge in [0.1, 0.15) is 0 Å². The molecule has 0 aliphatic heterocycles. The molecule has 0 bridgehead atoms. The van der Waals surface area contributed by atoms with Crippen LogP contribution in [0, 0.1) is 27.7 Å².